The van der Waals surface area contributed by atoms with E-state index in [-0.39, 0.29) is 35.5 Å². The van der Waals surface area contributed by atoms with Crippen molar-refractivity contribution in [3.05, 3.63) is 83.7 Å². The maximum Gasteiger partial charge on any atom is 0.245 e. The first-order chi connectivity index (χ1) is 23.1. The smallest absolute Gasteiger partial charge is 0.245 e. The van der Waals surface area contributed by atoms with E-state index in [0.717, 1.165) is 37.1 Å². The van der Waals surface area contributed by atoms with Crippen molar-refractivity contribution in [3.63, 3.8) is 0 Å². The number of hydrogen-bond acceptors (Lipinski definition) is 6. The third kappa shape index (κ3) is 10.9. The van der Waals surface area contributed by atoms with Crippen LogP contribution in [0.3, 0.4) is 0 Å². The highest BCUT2D eigenvalue weighted by Gasteiger charge is 2.30. The number of nitrogens with one attached hydrogen (secondary N) is 3. The first-order valence-electron chi connectivity index (χ1n) is 17.4. The summed E-state index contributed by atoms with van der Waals surface area (Å²) >= 11 is 0. The maximum atomic E-state index is 13.6. The van der Waals surface area contributed by atoms with Crippen molar-refractivity contribution in [2.24, 2.45) is 18.9 Å². The topological polar surface area (TPSA) is 125 Å². The molecule has 3 amide bonds. The quantitative estimate of drug-likeness (QED) is 0.251. The maximum absolute atomic E-state index is 13.6. The minimum Gasteiger partial charge on any atom is -0.344 e. The van der Waals surface area contributed by atoms with E-state index in [4.69, 9.17) is 0 Å². The third-order valence-corrected chi connectivity index (χ3v) is 9.46. The van der Waals surface area contributed by atoms with Gasteiger partial charge in [-0.25, -0.2) is 0 Å². The number of aromatic nitrogens is 2. The molecule has 2 aliphatic rings. The molecule has 0 bridgehead atoms. The minimum absolute atomic E-state index is 0.000911. The van der Waals surface area contributed by atoms with Crippen LogP contribution in [0.4, 0.5) is 5.69 Å². The largest absolute Gasteiger partial charge is 0.344 e. The zero-order chi connectivity index (χ0) is 34.5. The summed E-state index contributed by atoms with van der Waals surface area (Å²) in [5.41, 5.74) is 3.59. The lowest BCUT2D eigenvalue weighted by molar-refractivity contribution is -0.137. The van der Waals surface area contributed by atoms with Gasteiger partial charge >= 0.3 is 0 Å². The van der Waals surface area contributed by atoms with Crippen LogP contribution in [-0.2, 0) is 34.3 Å². The lowest BCUT2D eigenvalue weighted by Gasteiger charge is -2.36. The van der Waals surface area contributed by atoms with Gasteiger partial charge in [0.1, 0.15) is 11.7 Å². The standard InChI is InChI=1S/C32H44N4O3.C6H8N2O/c1-3-30(37)35-29(32(39)36-19-18-33-28(22-36)20-24-10-6-4-7-11-24)21-25-14-16-27(17-15-25)34-31(38)23(2)26-12-8-5-9-13-26;1-5(9)6-3-4-7-8(6)2/h4,6-7,10-11,14-17,23,26,28-29,33H,3,5,8-9,12-13,18-22H2,1-2H3,(H,34,38)(H,35,37);3-4H,1-2H3/t23-,28?,29?;/m0./s1. The van der Waals surface area contributed by atoms with Crippen molar-refractivity contribution >= 4 is 29.2 Å². The number of aryl methyl sites for hydroxylation is 1. The Hall–Kier alpha value is -4.31. The Bertz CT molecular complexity index is 1480. The predicted octanol–water partition coefficient (Wildman–Crippen LogP) is 4.94. The Kier molecular flexibility index (Phi) is 13.9. The Morgan fingerprint density at radius 2 is 1.67 bits per heavy atom. The number of amides is 3. The van der Waals surface area contributed by atoms with Crippen molar-refractivity contribution in [2.75, 3.05) is 25.0 Å². The molecular formula is C38H52N6O4. The molecule has 2 aromatic carbocycles. The number of nitrogens with zero attached hydrogens (tertiary/aromatic N) is 3. The van der Waals surface area contributed by atoms with E-state index in [0.29, 0.717) is 37.5 Å². The fourth-order valence-corrected chi connectivity index (χ4v) is 6.56. The average Bonchev–Trinajstić information content (AvgIpc) is 3.55. The highest BCUT2D eigenvalue weighted by atomic mass is 16.2. The van der Waals surface area contributed by atoms with Gasteiger partial charge in [-0.3, -0.25) is 23.9 Å². The minimum atomic E-state index is -0.625. The van der Waals surface area contributed by atoms with E-state index in [9.17, 15) is 19.2 Å². The molecule has 1 aromatic heterocycles. The van der Waals surface area contributed by atoms with Crippen LogP contribution in [0.5, 0.6) is 0 Å². The van der Waals surface area contributed by atoms with Crippen molar-refractivity contribution in [1.29, 1.82) is 0 Å². The molecule has 2 unspecified atom stereocenters. The lowest BCUT2D eigenvalue weighted by Crippen LogP contribution is -2.58. The second kappa shape index (κ2) is 18.3. The van der Waals surface area contributed by atoms with Gasteiger partial charge in [0, 0.05) is 70.3 Å². The van der Waals surface area contributed by atoms with E-state index in [1.54, 1.807) is 30.9 Å². The van der Waals surface area contributed by atoms with Gasteiger partial charge in [0.25, 0.3) is 0 Å². The van der Waals surface area contributed by atoms with Gasteiger partial charge in [0.15, 0.2) is 5.78 Å². The van der Waals surface area contributed by atoms with Crippen LogP contribution >= 0.6 is 0 Å². The fraction of sp³-hybridized carbons (Fsp3) is 0.500. The van der Waals surface area contributed by atoms with Gasteiger partial charge < -0.3 is 20.9 Å². The van der Waals surface area contributed by atoms with Crippen LogP contribution in [0, 0.1) is 11.8 Å². The zero-order valence-corrected chi connectivity index (χ0v) is 28.9. The number of anilines is 1. The number of hydrogen-bond donors (Lipinski definition) is 3. The number of carbonyl (C=O) groups excluding carboxylic acids is 4. The Morgan fingerprint density at radius 1 is 0.958 bits per heavy atom. The summed E-state index contributed by atoms with van der Waals surface area (Å²) in [6, 6.07) is 19.2. The molecule has 1 aliphatic carbocycles. The molecule has 1 aliphatic heterocycles. The summed E-state index contributed by atoms with van der Waals surface area (Å²) in [5, 5.41) is 13.4. The van der Waals surface area contributed by atoms with Crippen LogP contribution in [0.1, 0.15) is 80.9 Å². The number of benzene rings is 2. The van der Waals surface area contributed by atoms with Crippen molar-refractivity contribution in [1.82, 2.24) is 25.3 Å². The Morgan fingerprint density at radius 3 is 2.27 bits per heavy atom. The number of ketones is 1. The van der Waals surface area contributed by atoms with Crippen LogP contribution in [0.2, 0.25) is 0 Å². The fourth-order valence-electron chi connectivity index (χ4n) is 6.56. The van der Waals surface area contributed by atoms with Crippen LogP contribution in [0.25, 0.3) is 0 Å². The van der Waals surface area contributed by atoms with Gasteiger partial charge in [-0.15, -0.1) is 0 Å². The molecule has 10 heteroatoms. The number of Topliss-reactive ketones (excluding diaryl/α,β-unsaturated/α-hetero) is 1. The van der Waals surface area contributed by atoms with E-state index < -0.39 is 6.04 Å². The highest BCUT2D eigenvalue weighted by Crippen LogP contribution is 2.30. The first kappa shape index (κ1) is 36.5. The third-order valence-electron chi connectivity index (χ3n) is 9.46. The second-order valence-corrected chi connectivity index (χ2v) is 13.1. The molecule has 48 heavy (non-hydrogen) atoms. The molecule has 2 fully saturated rings. The van der Waals surface area contributed by atoms with Gasteiger partial charge in [0.05, 0.1) is 0 Å². The van der Waals surface area contributed by atoms with Crippen molar-refractivity contribution < 1.29 is 19.2 Å². The lowest BCUT2D eigenvalue weighted by atomic mass is 9.80. The molecule has 3 atom stereocenters. The van der Waals surface area contributed by atoms with Crippen LogP contribution < -0.4 is 16.0 Å². The van der Waals surface area contributed by atoms with Crippen LogP contribution in [0.15, 0.2) is 66.9 Å². The summed E-state index contributed by atoms with van der Waals surface area (Å²) in [4.78, 5) is 51.3. The molecule has 0 spiro atoms. The molecule has 3 N–H and O–H groups in total. The molecule has 1 saturated carbocycles. The van der Waals surface area contributed by atoms with Gasteiger partial charge in [-0.05, 0) is 54.5 Å². The Balaban J connectivity index is 0.000000500. The average molecular weight is 657 g/mol. The van der Waals surface area contributed by atoms with Crippen LogP contribution in [-0.4, -0.2) is 69.9 Å². The van der Waals surface area contributed by atoms with E-state index in [2.05, 4.69) is 33.2 Å². The van der Waals surface area contributed by atoms with Gasteiger partial charge in [-0.1, -0.05) is 75.6 Å². The number of carbonyl (C=O) groups is 4. The highest BCUT2D eigenvalue weighted by molar-refractivity contribution is 5.93. The molecule has 5 rings (SSSR count). The Labute approximate surface area is 285 Å². The molecule has 2 heterocycles. The monoisotopic (exact) mass is 656 g/mol. The molecule has 10 nitrogen and oxygen atoms in total. The van der Waals surface area contributed by atoms with Crippen molar-refractivity contribution in [2.45, 2.75) is 84.2 Å². The summed E-state index contributed by atoms with van der Waals surface area (Å²) in [6.45, 7) is 7.31. The normalized spacial score (nSPS) is 17.8. The summed E-state index contributed by atoms with van der Waals surface area (Å²) in [6.07, 6.45) is 9.16. The molecule has 3 aromatic rings. The molecule has 0 radical (unpaired) electrons. The number of rotatable bonds is 11. The first-order valence-corrected chi connectivity index (χ1v) is 17.4. The van der Waals surface area contributed by atoms with Gasteiger partial charge in [0.2, 0.25) is 17.7 Å². The van der Waals surface area contributed by atoms with E-state index in [1.807, 2.05) is 54.3 Å². The molecule has 258 valence electrons. The second-order valence-electron chi connectivity index (χ2n) is 13.1. The van der Waals surface area contributed by atoms with Crippen molar-refractivity contribution in [3.8, 4) is 0 Å². The number of piperazine rings is 1. The van der Waals surface area contributed by atoms with E-state index >= 15 is 0 Å². The summed E-state index contributed by atoms with van der Waals surface area (Å²) in [7, 11) is 1.75. The molecular weight excluding hydrogens is 604 g/mol. The SMILES string of the molecule is CC(=O)c1ccnn1C.CCC(=O)NC(Cc1ccc(NC(=O)[C@@H](C)C2CCCCC2)cc1)C(=O)N1CCNC(Cc2ccccc2)C1. The van der Waals surface area contributed by atoms with Gasteiger partial charge in [-0.2, -0.15) is 5.10 Å². The zero-order valence-electron chi connectivity index (χ0n) is 28.9. The van der Waals surface area contributed by atoms with E-state index in [1.165, 1.54) is 31.7 Å². The molecule has 1 saturated heterocycles. The predicted molar refractivity (Wildman–Crippen MR) is 188 cm³/mol. The summed E-state index contributed by atoms with van der Waals surface area (Å²) in [5.74, 6) is 0.405. The summed E-state index contributed by atoms with van der Waals surface area (Å²) < 4.78 is 1.56.